The molecule has 2 fully saturated rings. The van der Waals surface area contributed by atoms with Crippen LogP contribution in [0.3, 0.4) is 0 Å². The third kappa shape index (κ3) is 3.64. The van der Waals surface area contributed by atoms with E-state index < -0.39 is 16.1 Å². The number of esters is 1. The fraction of sp³-hybridized carbons (Fsp3) is 0.611. The summed E-state index contributed by atoms with van der Waals surface area (Å²) in [7, 11) is -3.66. The van der Waals surface area contributed by atoms with E-state index in [1.165, 1.54) is 10.7 Å². The summed E-state index contributed by atoms with van der Waals surface area (Å²) >= 11 is 0. The Morgan fingerprint density at radius 1 is 1.04 bits per heavy atom. The van der Waals surface area contributed by atoms with Gasteiger partial charge in [0.05, 0.1) is 4.90 Å². The van der Waals surface area contributed by atoms with Gasteiger partial charge in [0.1, 0.15) is 12.1 Å². The maximum Gasteiger partial charge on any atom is 0.324 e. The number of nitrogens with zero attached hydrogens (tertiary/aromatic N) is 1. The van der Waals surface area contributed by atoms with E-state index in [0.717, 1.165) is 31.2 Å². The maximum atomic E-state index is 12.9. The van der Waals surface area contributed by atoms with Gasteiger partial charge in [-0.2, -0.15) is 4.31 Å². The Labute approximate surface area is 144 Å². The molecule has 3 rings (SSSR count). The summed E-state index contributed by atoms with van der Waals surface area (Å²) in [5.41, 5.74) is 1.00. The Morgan fingerprint density at radius 2 is 1.71 bits per heavy atom. The third-order valence-corrected chi connectivity index (χ3v) is 6.86. The Kier molecular flexibility index (Phi) is 5.25. The van der Waals surface area contributed by atoms with Crippen molar-refractivity contribution in [2.75, 3.05) is 6.54 Å². The molecule has 1 aliphatic heterocycles. The van der Waals surface area contributed by atoms with Gasteiger partial charge >= 0.3 is 5.97 Å². The first-order valence-electron chi connectivity index (χ1n) is 8.77. The summed E-state index contributed by atoms with van der Waals surface area (Å²) in [6, 6.07) is 6.08. The van der Waals surface area contributed by atoms with Crippen molar-refractivity contribution in [2.45, 2.75) is 68.9 Å². The predicted molar refractivity (Wildman–Crippen MR) is 91.1 cm³/mol. The molecular formula is C18H25NO4S. The monoisotopic (exact) mass is 351 g/mol. The normalized spacial score (nSPS) is 23.3. The van der Waals surface area contributed by atoms with Crippen LogP contribution < -0.4 is 0 Å². The Morgan fingerprint density at radius 3 is 2.38 bits per heavy atom. The highest BCUT2D eigenvalue weighted by atomic mass is 32.2. The Balaban J connectivity index is 1.74. The van der Waals surface area contributed by atoms with E-state index in [2.05, 4.69) is 0 Å². The second-order valence-electron chi connectivity index (χ2n) is 6.78. The number of hydrogen-bond acceptors (Lipinski definition) is 4. The molecule has 1 saturated heterocycles. The number of sulfonamides is 1. The summed E-state index contributed by atoms with van der Waals surface area (Å²) in [5, 5.41) is 0. The van der Waals surface area contributed by atoms with Crippen LogP contribution in [0, 0.1) is 6.92 Å². The summed E-state index contributed by atoms with van der Waals surface area (Å²) in [6.07, 6.45) is 6.31. The standard InChI is InChI=1S/C18H25NO4S/c1-14-9-11-16(12-10-14)24(21,22)19-13-5-8-17(19)18(20)23-15-6-3-2-4-7-15/h9-12,15,17H,2-8,13H2,1H3. The van der Waals surface area contributed by atoms with Crippen LogP contribution in [0.2, 0.25) is 0 Å². The van der Waals surface area contributed by atoms with Gasteiger partial charge in [-0.25, -0.2) is 8.42 Å². The molecule has 5 nitrogen and oxygen atoms in total. The summed E-state index contributed by atoms with van der Waals surface area (Å²) in [4.78, 5) is 12.8. The van der Waals surface area contributed by atoms with E-state index in [4.69, 9.17) is 4.74 Å². The molecule has 1 heterocycles. The van der Waals surface area contributed by atoms with Crippen molar-refractivity contribution in [3.63, 3.8) is 0 Å². The van der Waals surface area contributed by atoms with Gasteiger partial charge in [0.2, 0.25) is 10.0 Å². The number of aryl methyl sites for hydroxylation is 1. The zero-order chi connectivity index (χ0) is 17.2. The van der Waals surface area contributed by atoms with Crippen molar-refractivity contribution < 1.29 is 17.9 Å². The first-order chi connectivity index (χ1) is 11.5. The van der Waals surface area contributed by atoms with Gasteiger partial charge in [0, 0.05) is 6.54 Å². The van der Waals surface area contributed by atoms with Crippen molar-refractivity contribution in [1.29, 1.82) is 0 Å². The van der Waals surface area contributed by atoms with Crippen LogP contribution in [0.25, 0.3) is 0 Å². The van der Waals surface area contributed by atoms with Crippen molar-refractivity contribution >= 4 is 16.0 Å². The molecule has 2 aliphatic rings. The highest BCUT2D eigenvalue weighted by molar-refractivity contribution is 7.89. The number of ether oxygens (including phenoxy) is 1. The predicted octanol–water partition coefficient (Wildman–Crippen LogP) is 3.02. The molecule has 0 amide bonds. The molecule has 0 aromatic heterocycles. The van der Waals surface area contributed by atoms with Crippen LogP contribution in [0.5, 0.6) is 0 Å². The number of carbonyl (C=O) groups excluding carboxylic acids is 1. The molecule has 0 bridgehead atoms. The topological polar surface area (TPSA) is 63.7 Å². The molecule has 0 spiro atoms. The van der Waals surface area contributed by atoms with E-state index in [9.17, 15) is 13.2 Å². The van der Waals surface area contributed by atoms with Crippen molar-refractivity contribution in [3.05, 3.63) is 29.8 Å². The van der Waals surface area contributed by atoms with Crippen molar-refractivity contribution in [2.24, 2.45) is 0 Å². The lowest BCUT2D eigenvalue weighted by molar-refractivity contribution is -0.154. The molecule has 1 unspecified atom stereocenters. The quantitative estimate of drug-likeness (QED) is 0.782. The Hall–Kier alpha value is -1.40. The molecule has 0 radical (unpaired) electrons. The SMILES string of the molecule is Cc1ccc(S(=O)(=O)N2CCCC2C(=O)OC2CCCCC2)cc1. The molecule has 0 N–H and O–H groups in total. The van der Waals surface area contributed by atoms with Crippen LogP contribution in [-0.2, 0) is 19.6 Å². The third-order valence-electron chi connectivity index (χ3n) is 4.94. The van der Waals surface area contributed by atoms with Crippen LogP contribution >= 0.6 is 0 Å². The first kappa shape index (κ1) is 17.4. The molecule has 1 saturated carbocycles. The van der Waals surface area contributed by atoms with Gasteiger partial charge in [-0.3, -0.25) is 4.79 Å². The van der Waals surface area contributed by atoms with E-state index in [0.29, 0.717) is 19.4 Å². The summed E-state index contributed by atoms with van der Waals surface area (Å²) < 4.78 is 32.7. The lowest BCUT2D eigenvalue weighted by Crippen LogP contribution is -2.42. The number of benzene rings is 1. The molecule has 1 aromatic rings. The maximum absolute atomic E-state index is 12.9. The van der Waals surface area contributed by atoms with Crippen LogP contribution in [0.15, 0.2) is 29.2 Å². The van der Waals surface area contributed by atoms with Crippen LogP contribution in [-0.4, -0.2) is 37.4 Å². The molecule has 1 aromatic carbocycles. The fourth-order valence-corrected chi connectivity index (χ4v) is 5.18. The molecule has 24 heavy (non-hydrogen) atoms. The summed E-state index contributed by atoms with van der Waals surface area (Å²) in [5.74, 6) is -0.380. The average Bonchev–Trinajstić information content (AvgIpc) is 3.07. The first-order valence-corrected chi connectivity index (χ1v) is 10.2. The van der Waals surface area contributed by atoms with E-state index in [1.54, 1.807) is 24.3 Å². The van der Waals surface area contributed by atoms with Gasteiger partial charge in [0.15, 0.2) is 0 Å². The number of carbonyl (C=O) groups is 1. The zero-order valence-electron chi connectivity index (χ0n) is 14.1. The van der Waals surface area contributed by atoms with E-state index in [1.807, 2.05) is 6.92 Å². The fourth-order valence-electron chi connectivity index (χ4n) is 3.53. The molecule has 132 valence electrons. The molecular weight excluding hydrogens is 326 g/mol. The second-order valence-corrected chi connectivity index (χ2v) is 8.67. The highest BCUT2D eigenvalue weighted by Gasteiger charge is 2.41. The lowest BCUT2D eigenvalue weighted by atomic mass is 9.98. The second kappa shape index (κ2) is 7.23. The minimum atomic E-state index is -3.66. The van der Waals surface area contributed by atoms with Crippen LogP contribution in [0.1, 0.15) is 50.5 Å². The Bertz CT molecular complexity index is 677. The van der Waals surface area contributed by atoms with Gasteiger partial charge < -0.3 is 4.74 Å². The minimum absolute atomic E-state index is 0.0456. The van der Waals surface area contributed by atoms with Gasteiger partial charge in [-0.1, -0.05) is 24.1 Å². The molecule has 6 heteroatoms. The van der Waals surface area contributed by atoms with Crippen molar-refractivity contribution in [3.8, 4) is 0 Å². The minimum Gasteiger partial charge on any atom is -0.461 e. The van der Waals surface area contributed by atoms with Gasteiger partial charge in [-0.15, -0.1) is 0 Å². The van der Waals surface area contributed by atoms with Gasteiger partial charge in [0.25, 0.3) is 0 Å². The van der Waals surface area contributed by atoms with Gasteiger partial charge in [-0.05, 0) is 57.6 Å². The number of rotatable bonds is 4. The largest absolute Gasteiger partial charge is 0.461 e. The van der Waals surface area contributed by atoms with Crippen LogP contribution in [0.4, 0.5) is 0 Å². The van der Waals surface area contributed by atoms with Crippen molar-refractivity contribution in [1.82, 2.24) is 4.31 Å². The van der Waals surface area contributed by atoms with E-state index in [-0.39, 0.29) is 17.0 Å². The number of hydrogen-bond donors (Lipinski definition) is 0. The summed E-state index contributed by atoms with van der Waals surface area (Å²) in [6.45, 7) is 2.29. The van der Waals surface area contributed by atoms with E-state index >= 15 is 0 Å². The highest BCUT2D eigenvalue weighted by Crippen LogP contribution is 2.28. The molecule has 1 aliphatic carbocycles. The zero-order valence-corrected chi connectivity index (χ0v) is 14.9. The molecule has 1 atom stereocenters. The smallest absolute Gasteiger partial charge is 0.324 e. The lowest BCUT2D eigenvalue weighted by Gasteiger charge is -2.27. The average molecular weight is 351 g/mol.